The number of nitrogens with zero attached hydrogens (tertiary/aromatic N) is 3. The van der Waals surface area contributed by atoms with Gasteiger partial charge in [-0.3, -0.25) is 14.5 Å². The van der Waals surface area contributed by atoms with Crippen LogP contribution >= 0.6 is 0 Å². The van der Waals surface area contributed by atoms with Crippen molar-refractivity contribution in [3.63, 3.8) is 0 Å². The maximum absolute atomic E-state index is 12.8. The van der Waals surface area contributed by atoms with E-state index in [1.54, 1.807) is 19.4 Å². The van der Waals surface area contributed by atoms with Gasteiger partial charge in [-0.15, -0.1) is 0 Å². The topological polar surface area (TPSA) is 108 Å². The van der Waals surface area contributed by atoms with Crippen molar-refractivity contribution in [3.05, 3.63) is 66.4 Å². The minimum absolute atomic E-state index is 0.0650. The Kier molecular flexibility index (Phi) is 9.64. The lowest BCUT2D eigenvalue weighted by atomic mass is 9.90. The number of nitrogens with one attached hydrogen (secondary N) is 3. The van der Waals surface area contributed by atoms with Crippen LogP contribution in [0.25, 0.3) is 11.4 Å². The molecule has 0 unspecified atom stereocenters. The van der Waals surface area contributed by atoms with E-state index in [1.807, 2.05) is 36.4 Å². The van der Waals surface area contributed by atoms with Gasteiger partial charge in [-0.25, -0.2) is 9.97 Å². The summed E-state index contributed by atoms with van der Waals surface area (Å²) < 4.78 is 5.24. The number of methoxy groups -OCH3 is 1. The lowest BCUT2D eigenvalue weighted by molar-refractivity contribution is -0.119. The Hall–Kier alpha value is -3.98. The molecule has 0 atom stereocenters. The predicted octanol–water partition coefficient (Wildman–Crippen LogP) is 3.59. The van der Waals surface area contributed by atoms with Crippen molar-refractivity contribution in [2.45, 2.75) is 26.2 Å². The van der Waals surface area contributed by atoms with Gasteiger partial charge in [-0.1, -0.05) is 24.3 Å². The van der Waals surface area contributed by atoms with E-state index in [9.17, 15) is 9.59 Å². The molecule has 4 rings (SSSR count). The van der Waals surface area contributed by atoms with Crippen LogP contribution in [0, 0.1) is 5.92 Å². The first-order chi connectivity index (χ1) is 18.5. The van der Waals surface area contributed by atoms with Crippen molar-refractivity contribution in [3.8, 4) is 17.1 Å². The Morgan fingerprint density at radius 3 is 2.53 bits per heavy atom. The monoisotopic (exact) mass is 516 g/mol. The number of ether oxygens (including phenoxy) is 1. The summed E-state index contributed by atoms with van der Waals surface area (Å²) in [7, 11) is 1.68. The summed E-state index contributed by atoms with van der Waals surface area (Å²) in [6.45, 7) is 4.73. The normalized spacial score (nSPS) is 14.1. The third-order valence-electron chi connectivity index (χ3n) is 6.66. The Bertz CT molecular complexity index is 1210. The molecule has 9 heteroatoms. The minimum atomic E-state index is -0.0787. The average Bonchev–Trinajstić information content (AvgIpc) is 2.93. The first-order valence-electron chi connectivity index (χ1n) is 13.1. The Morgan fingerprint density at radius 2 is 1.79 bits per heavy atom. The molecule has 0 bridgehead atoms. The molecule has 1 saturated heterocycles. The molecule has 9 nitrogen and oxygen atoms in total. The van der Waals surface area contributed by atoms with Crippen molar-refractivity contribution in [2.24, 2.45) is 5.92 Å². The molecule has 3 N–H and O–H groups in total. The van der Waals surface area contributed by atoms with Crippen LogP contribution in [-0.4, -0.2) is 66.5 Å². The van der Waals surface area contributed by atoms with Gasteiger partial charge in [0.1, 0.15) is 11.6 Å². The number of aromatic nitrogens is 2. The predicted molar refractivity (Wildman–Crippen MR) is 149 cm³/mol. The lowest BCUT2D eigenvalue weighted by Gasteiger charge is -2.31. The Balaban J connectivity index is 1.27. The minimum Gasteiger partial charge on any atom is -0.497 e. The number of carbonyl (C=O) groups excluding carboxylic acids is 2. The second-order valence-electron chi connectivity index (χ2n) is 9.54. The van der Waals surface area contributed by atoms with Crippen molar-refractivity contribution in [2.75, 3.05) is 50.5 Å². The molecule has 200 valence electrons. The van der Waals surface area contributed by atoms with E-state index in [0.29, 0.717) is 37.2 Å². The third-order valence-corrected chi connectivity index (χ3v) is 6.66. The zero-order chi connectivity index (χ0) is 26.7. The van der Waals surface area contributed by atoms with Crippen LogP contribution in [0.15, 0.2) is 60.8 Å². The molecule has 3 aromatic rings. The molecule has 0 spiro atoms. The number of amides is 2. The molecule has 0 aliphatic carbocycles. The average molecular weight is 517 g/mol. The molecular formula is C29H36N6O3. The Labute approximate surface area is 224 Å². The fraction of sp³-hybridized carbons (Fsp3) is 0.379. The first kappa shape index (κ1) is 27.1. The van der Waals surface area contributed by atoms with Gasteiger partial charge in [0.05, 0.1) is 13.7 Å². The highest BCUT2D eigenvalue weighted by Crippen LogP contribution is 2.26. The van der Waals surface area contributed by atoms with Crippen LogP contribution in [0.1, 0.15) is 25.3 Å². The zero-order valence-electron chi connectivity index (χ0n) is 22.1. The summed E-state index contributed by atoms with van der Waals surface area (Å²) in [4.78, 5) is 35.1. The molecule has 2 heterocycles. The standard InChI is InChI=1S/C29H36N6O3/c1-21(36)30-15-16-31-26-6-4-3-5-25(26)29-32-14-11-27(34-29)33-28(37)20-35-17-12-23(13-18-35)19-22-7-9-24(38-2)10-8-22/h3-11,14,23,31H,12-13,15-20H2,1-2H3,(H,30,36)(H,32,33,34,37). The summed E-state index contributed by atoms with van der Waals surface area (Å²) in [5.41, 5.74) is 3.01. The van der Waals surface area contributed by atoms with Gasteiger partial charge >= 0.3 is 0 Å². The highest BCUT2D eigenvalue weighted by Gasteiger charge is 2.21. The maximum atomic E-state index is 12.8. The summed E-state index contributed by atoms with van der Waals surface area (Å²) in [6, 6.07) is 17.7. The molecule has 1 fully saturated rings. The number of hydrogen-bond acceptors (Lipinski definition) is 7. The number of hydrogen-bond donors (Lipinski definition) is 3. The largest absolute Gasteiger partial charge is 0.497 e. The molecule has 2 amide bonds. The van der Waals surface area contributed by atoms with Crippen LogP contribution in [0.2, 0.25) is 0 Å². The van der Waals surface area contributed by atoms with Gasteiger partial charge < -0.3 is 20.7 Å². The van der Waals surface area contributed by atoms with Crippen molar-refractivity contribution < 1.29 is 14.3 Å². The van der Waals surface area contributed by atoms with E-state index in [2.05, 4.69) is 43.0 Å². The molecule has 1 aliphatic rings. The van der Waals surface area contributed by atoms with E-state index in [1.165, 1.54) is 12.5 Å². The second kappa shape index (κ2) is 13.5. The van der Waals surface area contributed by atoms with Gasteiger partial charge in [-0.2, -0.15) is 0 Å². The van der Waals surface area contributed by atoms with Gasteiger partial charge in [0, 0.05) is 37.5 Å². The van der Waals surface area contributed by atoms with Crippen molar-refractivity contribution >= 4 is 23.3 Å². The maximum Gasteiger partial charge on any atom is 0.239 e. The zero-order valence-corrected chi connectivity index (χ0v) is 22.1. The fourth-order valence-electron chi connectivity index (χ4n) is 4.66. The van der Waals surface area contributed by atoms with Crippen LogP contribution in [0.3, 0.4) is 0 Å². The van der Waals surface area contributed by atoms with E-state index < -0.39 is 0 Å². The molecule has 1 aromatic heterocycles. The lowest BCUT2D eigenvalue weighted by Crippen LogP contribution is -2.39. The number of benzene rings is 2. The quantitative estimate of drug-likeness (QED) is 0.334. The van der Waals surface area contributed by atoms with Gasteiger partial charge in [0.2, 0.25) is 11.8 Å². The van der Waals surface area contributed by atoms with Gasteiger partial charge in [0.15, 0.2) is 5.82 Å². The smallest absolute Gasteiger partial charge is 0.239 e. The highest BCUT2D eigenvalue weighted by atomic mass is 16.5. The molecule has 1 aliphatic heterocycles. The number of anilines is 2. The number of piperidine rings is 1. The van der Waals surface area contributed by atoms with Gasteiger partial charge in [-0.05, 0) is 74.2 Å². The molecule has 0 radical (unpaired) electrons. The number of likely N-dealkylation sites (tertiary alicyclic amines) is 1. The summed E-state index contributed by atoms with van der Waals surface area (Å²) in [5, 5.41) is 9.01. The van der Waals surface area contributed by atoms with E-state index in [0.717, 1.165) is 49.4 Å². The number of para-hydroxylation sites is 1. The summed E-state index contributed by atoms with van der Waals surface area (Å²) in [5.74, 6) is 2.35. The SMILES string of the molecule is COc1ccc(CC2CCN(CC(=O)Nc3ccnc(-c4ccccc4NCCNC(C)=O)n3)CC2)cc1. The van der Waals surface area contributed by atoms with Gasteiger partial charge in [0.25, 0.3) is 0 Å². The highest BCUT2D eigenvalue weighted by molar-refractivity contribution is 5.91. The number of carbonyl (C=O) groups is 2. The molecule has 0 saturated carbocycles. The third kappa shape index (κ3) is 8.01. The molecule has 2 aromatic carbocycles. The van der Waals surface area contributed by atoms with E-state index in [4.69, 9.17) is 4.74 Å². The Morgan fingerprint density at radius 1 is 1.03 bits per heavy atom. The molecule has 38 heavy (non-hydrogen) atoms. The summed E-state index contributed by atoms with van der Waals surface area (Å²) in [6.07, 6.45) is 4.85. The fourth-order valence-corrected chi connectivity index (χ4v) is 4.66. The van der Waals surface area contributed by atoms with Crippen LogP contribution in [0.5, 0.6) is 5.75 Å². The van der Waals surface area contributed by atoms with Crippen molar-refractivity contribution in [1.82, 2.24) is 20.2 Å². The van der Waals surface area contributed by atoms with Crippen LogP contribution < -0.4 is 20.7 Å². The van der Waals surface area contributed by atoms with E-state index in [-0.39, 0.29) is 11.8 Å². The number of rotatable bonds is 11. The van der Waals surface area contributed by atoms with Crippen LogP contribution in [0.4, 0.5) is 11.5 Å². The van der Waals surface area contributed by atoms with E-state index >= 15 is 0 Å². The van der Waals surface area contributed by atoms with Crippen LogP contribution in [-0.2, 0) is 16.0 Å². The first-order valence-corrected chi connectivity index (χ1v) is 13.1. The van der Waals surface area contributed by atoms with Crippen molar-refractivity contribution in [1.29, 1.82) is 0 Å². The second-order valence-corrected chi connectivity index (χ2v) is 9.54. The summed E-state index contributed by atoms with van der Waals surface area (Å²) >= 11 is 0. The molecular weight excluding hydrogens is 480 g/mol.